The van der Waals surface area contributed by atoms with Crippen LogP contribution >= 0.6 is 11.3 Å². The fourth-order valence-corrected chi connectivity index (χ4v) is 4.49. The minimum Gasteiger partial charge on any atom is -0.365 e. The summed E-state index contributed by atoms with van der Waals surface area (Å²) in [4.78, 5) is 41.6. The van der Waals surface area contributed by atoms with Crippen LogP contribution in [0.25, 0.3) is 0 Å². The molecule has 132 valence electrons. The van der Waals surface area contributed by atoms with Gasteiger partial charge in [-0.15, -0.1) is 11.3 Å². The van der Waals surface area contributed by atoms with Gasteiger partial charge in [0.15, 0.2) is 0 Å². The van der Waals surface area contributed by atoms with Crippen molar-refractivity contribution in [2.24, 2.45) is 5.73 Å². The average molecular weight is 360 g/mol. The molecule has 3 rings (SSSR count). The Labute approximate surface area is 148 Å². The monoisotopic (exact) mass is 360 g/mol. The van der Waals surface area contributed by atoms with Crippen molar-refractivity contribution in [2.75, 3.05) is 5.32 Å². The number of anilines is 1. The van der Waals surface area contributed by atoms with Gasteiger partial charge in [0.2, 0.25) is 5.91 Å². The van der Waals surface area contributed by atoms with Gasteiger partial charge in [-0.1, -0.05) is 0 Å². The van der Waals surface area contributed by atoms with Crippen molar-refractivity contribution in [2.45, 2.75) is 46.1 Å². The summed E-state index contributed by atoms with van der Waals surface area (Å²) in [5.41, 5.74) is 7.24. The van der Waals surface area contributed by atoms with Crippen LogP contribution in [0.2, 0.25) is 0 Å². The van der Waals surface area contributed by atoms with E-state index >= 15 is 0 Å². The number of aryl methyl sites for hydroxylation is 3. The van der Waals surface area contributed by atoms with Gasteiger partial charge in [0.1, 0.15) is 17.4 Å². The van der Waals surface area contributed by atoms with E-state index in [0.717, 1.165) is 36.1 Å². The first-order chi connectivity index (χ1) is 11.9. The van der Waals surface area contributed by atoms with Gasteiger partial charge in [-0.25, -0.2) is 4.98 Å². The number of nitrogens with one attached hydrogen (secondary N) is 1. The number of amides is 2. The molecule has 1 aliphatic rings. The van der Waals surface area contributed by atoms with Crippen molar-refractivity contribution in [1.82, 2.24) is 9.55 Å². The topological polar surface area (TPSA) is 107 Å². The number of nitrogens with zero attached hydrogens (tertiary/aromatic N) is 2. The van der Waals surface area contributed by atoms with Crippen molar-refractivity contribution >= 4 is 28.2 Å². The zero-order valence-corrected chi connectivity index (χ0v) is 15.0. The maximum absolute atomic E-state index is 12.4. The third-order valence-electron chi connectivity index (χ3n) is 4.30. The molecule has 8 heteroatoms. The Morgan fingerprint density at radius 3 is 2.72 bits per heavy atom. The predicted molar refractivity (Wildman–Crippen MR) is 96.1 cm³/mol. The van der Waals surface area contributed by atoms with E-state index in [4.69, 9.17) is 5.73 Å². The highest BCUT2D eigenvalue weighted by atomic mass is 32.1. The lowest BCUT2D eigenvalue weighted by molar-refractivity contribution is -0.116. The van der Waals surface area contributed by atoms with Crippen LogP contribution < -0.4 is 16.6 Å². The minimum absolute atomic E-state index is 0.154. The van der Waals surface area contributed by atoms with E-state index in [1.165, 1.54) is 22.0 Å². The fraction of sp³-hybridized carbons (Fsp3) is 0.412. The molecule has 0 fully saturated rings. The van der Waals surface area contributed by atoms with Crippen LogP contribution in [0.4, 0.5) is 5.00 Å². The molecule has 0 atom stereocenters. The first-order valence-electron chi connectivity index (χ1n) is 8.16. The highest BCUT2D eigenvalue weighted by Crippen LogP contribution is 2.37. The molecule has 25 heavy (non-hydrogen) atoms. The molecule has 0 unspecified atom stereocenters. The van der Waals surface area contributed by atoms with Crippen LogP contribution in [0.5, 0.6) is 0 Å². The Hall–Kier alpha value is -2.48. The summed E-state index contributed by atoms with van der Waals surface area (Å²) in [7, 11) is 0. The molecule has 0 spiro atoms. The zero-order chi connectivity index (χ0) is 18.1. The van der Waals surface area contributed by atoms with Crippen LogP contribution in [-0.4, -0.2) is 21.4 Å². The number of carbonyl (C=O) groups excluding carboxylic acids is 2. The molecule has 2 amide bonds. The van der Waals surface area contributed by atoms with Crippen LogP contribution in [0.1, 0.15) is 45.2 Å². The fourth-order valence-electron chi connectivity index (χ4n) is 3.18. The smallest absolute Gasteiger partial charge is 0.254 e. The first kappa shape index (κ1) is 17.3. The Morgan fingerprint density at radius 1 is 1.32 bits per heavy atom. The normalized spacial score (nSPS) is 13.4. The van der Waals surface area contributed by atoms with Gasteiger partial charge >= 0.3 is 0 Å². The molecule has 0 aromatic carbocycles. The molecule has 0 bridgehead atoms. The summed E-state index contributed by atoms with van der Waals surface area (Å²) >= 11 is 1.40. The van der Waals surface area contributed by atoms with Crippen LogP contribution in [-0.2, 0) is 24.2 Å². The number of thiophene rings is 1. The largest absolute Gasteiger partial charge is 0.365 e. The molecule has 1 aliphatic carbocycles. The highest BCUT2D eigenvalue weighted by molar-refractivity contribution is 7.17. The second kappa shape index (κ2) is 6.79. The SMILES string of the molecule is Cc1cc(=O)n(CC(=O)Nc2sc3c(c2C(N)=O)CCCC3)c(C)n1. The van der Waals surface area contributed by atoms with Gasteiger partial charge < -0.3 is 11.1 Å². The molecule has 0 radical (unpaired) electrons. The number of fused-ring (bicyclic) bond motifs is 1. The lowest BCUT2D eigenvalue weighted by atomic mass is 9.95. The molecule has 7 nitrogen and oxygen atoms in total. The molecule has 2 heterocycles. The van der Waals surface area contributed by atoms with Crippen molar-refractivity contribution in [1.29, 1.82) is 0 Å². The van der Waals surface area contributed by atoms with Crippen LogP contribution in [0.3, 0.4) is 0 Å². The van der Waals surface area contributed by atoms with Crippen molar-refractivity contribution in [3.8, 4) is 0 Å². The number of rotatable bonds is 4. The maximum atomic E-state index is 12.4. The number of hydrogen-bond acceptors (Lipinski definition) is 5. The molecular formula is C17H20N4O3S. The van der Waals surface area contributed by atoms with E-state index in [1.807, 2.05) is 0 Å². The maximum Gasteiger partial charge on any atom is 0.254 e. The molecule has 0 saturated carbocycles. The molecule has 2 aromatic heterocycles. The van der Waals surface area contributed by atoms with Gasteiger partial charge in [-0.2, -0.15) is 0 Å². The third kappa shape index (κ3) is 3.48. The Kier molecular flexibility index (Phi) is 4.71. The number of carbonyl (C=O) groups is 2. The Balaban J connectivity index is 1.86. The van der Waals surface area contributed by atoms with E-state index in [1.54, 1.807) is 13.8 Å². The van der Waals surface area contributed by atoms with E-state index in [0.29, 0.717) is 22.1 Å². The summed E-state index contributed by atoms with van der Waals surface area (Å²) in [6, 6.07) is 1.39. The van der Waals surface area contributed by atoms with E-state index in [2.05, 4.69) is 10.3 Å². The average Bonchev–Trinajstić information content (AvgIpc) is 2.88. The second-order valence-corrected chi connectivity index (χ2v) is 7.30. The second-order valence-electron chi connectivity index (χ2n) is 6.20. The molecular weight excluding hydrogens is 340 g/mol. The van der Waals surface area contributed by atoms with Crippen LogP contribution in [0, 0.1) is 13.8 Å². The van der Waals surface area contributed by atoms with E-state index in [-0.39, 0.29) is 18.0 Å². The first-order valence-corrected chi connectivity index (χ1v) is 8.97. The molecule has 0 aliphatic heterocycles. The summed E-state index contributed by atoms with van der Waals surface area (Å²) in [6.45, 7) is 3.26. The number of nitrogens with two attached hydrogens (primary N) is 1. The summed E-state index contributed by atoms with van der Waals surface area (Å²) in [5.74, 6) is -0.433. The molecule has 2 aromatic rings. The standard InChI is InChI=1S/C17H20N4O3S/c1-9-7-14(23)21(10(2)19-9)8-13(22)20-17-15(16(18)24)11-5-3-4-6-12(11)25-17/h7H,3-6,8H2,1-2H3,(H2,18,24)(H,20,22). The summed E-state index contributed by atoms with van der Waals surface area (Å²) in [6.07, 6.45) is 3.79. The van der Waals surface area contributed by atoms with Crippen molar-refractivity contribution in [3.63, 3.8) is 0 Å². The number of primary amides is 1. The number of aromatic nitrogens is 2. The van der Waals surface area contributed by atoms with Gasteiger partial charge in [-0.05, 0) is 45.1 Å². The van der Waals surface area contributed by atoms with Gasteiger partial charge in [-0.3, -0.25) is 19.0 Å². The Bertz CT molecular complexity index is 913. The lowest BCUT2D eigenvalue weighted by Crippen LogP contribution is -2.30. The van der Waals surface area contributed by atoms with Crippen LogP contribution in [0.15, 0.2) is 10.9 Å². The predicted octanol–water partition coefficient (Wildman–Crippen LogP) is 1.54. The van der Waals surface area contributed by atoms with E-state index < -0.39 is 5.91 Å². The number of hydrogen-bond donors (Lipinski definition) is 2. The van der Waals surface area contributed by atoms with E-state index in [9.17, 15) is 14.4 Å². The molecule has 0 saturated heterocycles. The van der Waals surface area contributed by atoms with Crippen molar-refractivity contribution < 1.29 is 9.59 Å². The highest BCUT2D eigenvalue weighted by Gasteiger charge is 2.25. The van der Waals surface area contributed by atoms with Gasteiger partial charge in [0, 0.05) is 16.6 Å². The summed E-state index contributed by atoms with van der Waals surface area (Å²) < 4.78 is 1.31. The van der Waals surface area contributed by atoms with Crippen molar-refractivity contribution in [3.05, 3.63) is 43.9 Å². The zero-order valence-electron chi connectivity index (χ0n) is 14.2. The minimum atomic E-state index is -0.528. The molecule has 3 N–H and O–H groups in total. The summed E-state index contributed by atoms with van der Waals surface area (Å²) in [5, 5.41) is 3.24. The quantitative estimate of drug-likeness (QED) is 0.862. The third-order valence-corrected chi connectivity index (χ3v) is 5.51. The Morgan fingerprint density at radius 2 is 2.04 bits per heavy atom. The van der Waals surface area contributed by atoms with Gasteiger partial charge in [0.25, 0.3) is 11.5 Å². The van der Waals surface area contributed by atoms with Gasteiger partial charge in [0.05, 0.1) is 5.56 Å². The lowest BCUT2D eigenvalue weighted by Gasteiger charge is -2.11.